The van der Waals surface area contributed by atoms with Crippen LogP contribution in [0.1, 0.15) is 41.3 Å². The fourth-order valence-electron chi connectivity index (χ4n) is 3.64. The van der Waals surface area contributed by atoms with Crippen molar-refractivity contribution >= 4 is 0 Å². The lowest BCUT2D eigenvalue weighted by Gasteiger charge is -2.35. The van der Waals surface area contributed by atoms with Gasteiger partial charge in [-0.15, -0.1) is 0 Å². The Morgan fingerprint density at radius 3 is 2.81 bits per heavy atom. The molecule has 0 aliphatic carbocycles. The van der Waals surface area contributed by atoms with Crippen molar-refractivity contribution in [3.05, 3.63) is 71.1 Å². The predicted octanol–water partition coefficient (Wildman–Crippen LogP) is 3.06. The van der Waals surface area contributed by atoms with Gasteiger partial charge in [-0.2, -0.15) is 0 Å². The summed E-state index contributed by atoms with van der Waals surface area (Å²) in [5, 5.41) is 0. The largest absolute Gasteiger partial charge is 0.496 e. The molecule has 1 aromatic carbocycles. The van der Waals surface area contributed by atoms with Crippen molar-refractivity contribution in [2.24, 2.45) is 0 Å². The second kappa shape index (κ2) is 7.44. The summed E-state index contributed by atoms with van der Waals surface area (Å²) in [6, 6.07) is 4.54. The minimum atomic E-state index is -0.268. The Balaban J connectivity index is 1.71. The molecule has 3 aromatic rings. The molecule has 0 saturated heterocycles. The van der Waals surface area contributed by atoms with Crippen LogP contribution in [0.5, 0.6) is 5.75 Å². The Kier molecular flexibility index (Phi) is 4.85. The van der Waals surface area contributed by atoms with E-state index in [1.165, 1.54) is 12.1 Å². The number of aromatic amines is 1. The first-order valence-electron chi connectivity index (χ1n) is 9.09. The maximum Gasteiger partial charge on any atom is 0.127 e. The van der Waals surface area contributed by atoms with Crippen LogP contribution in [0.25, 0.3) is 0 Å². The Hall–Kier alpha value is -2.80. The normalized spacial score (nSPS) is 16.9. The molecule has 2 aromatic heterocycles. The zero-order chi connectivity index (χ0) is 18.8. The number of fused-ring (bicyclic) bond motifs is 1. The van der Waals surface area contributed by atoms with Crippen LogP contribution in [0.15, 0.2) is 36.9 Å². The van der Waals surface area contributed by atoms with Crippen LogP contribution in [-0.4, -0.2) is 38.5 Å². The summed E-state index contributed by atoms with van der Waals surface area (Å²) in [5.74, 6) is 1.23. The maximum absolute atomic E-state index is 13.8. The molecule has 3 heterocycles. The highest BCUT2D eigenvalue weighted by atomic mass is 19.1. The Labute approximate surface area is 157 Å². The molecule has 0 bridgehead atoms. The van der Waals surface area contributed by atoms with Gasteiger partial charge in [0.1, 0.15) is 17.4 Å². The topological polar surface area (TPSA) is 66.9 Å². The molecule has 0 spiro atoms. The maximum atomic E-state index is 13.8. The molecule has 0 unspecified atom stereocenters. The number of aromatic nitrogens is 4. The van der Waals surface area contributed by atoms with Gasteiger partial charge in [0.25, 0.3) is 0 Å². The summed E-state index contributed by atoms with van der Waals surface area (Å²) < 4.78 is 19.2. The molecular formula is C20H22FN5O. The van der Waals surface area contributed by atoms with Crippen LogP contribution in [0, 0.1) is 5.82 Å². The number of nitrogens with zero attached hydrogens (tertiary/aromatic N) is 4. The lowest BCUT2D eigenvalue weighted by Crippen LogP contribution is -2.36. The molecule has 1 atom stereocenters. The van der Waals surface area contributed by atoms with Crippen LogP contribution < -0.4 is 4.74 Å². The van der Waals surface area contributed by atoms with Crippen molar-refractivity contribution in [2.75, 3.05) is 13.7 Å². The van der Waals surface area contributed by atoms with Crippen molar-refractivity contribution in [1.82, 2.24) is 24.8 Å². The fourth-order valence-corrected chi connectivity index (χ4v) is 3.64. The summed E-state index contributed by atoms with van der Waals surface area (Å²) in [6.07, 6.45) is 7.12. The molecule has 0 fully saturated rings. The summed E-state index contributed by atoms with van der Waals surface area (Å²) in [7, 11) is 1.60. The Morgan fingerprint density at radius 1 is 1.26 bits per heavy atom. The molecule has 0 saturated carbocycles. The van der Waals surface area contributed by atoms with Crippen molar-refractivity contribution in [3.8, 4) is 5.75 Å². The van der Waals surface area contributed by atoms with Crippen molar-refractivity contribution in [3.63, 3.8) is 0 Å². The van der Waals surface area contributed by atoms with Gasteiger partial charge >= 0.3 is 0 Å². The van der Waals surface area contributed by atoms with E-state index >= 15 is 0 Å². The zero-order valence-electron chi connectivity index (χ0n) is 15.4. The number of hydrogen-bond donors (Lipinski definition) is 1. The lowest BCUT2D eigenvalue weighted by molar-refractivity contribution is 0.197. The second-order valence-electron chi connectivity index (χ2n) is 6.63. The number of halogens is 1. The van der Waals surface area contributed by atoms with Crippen molar-refractivity contribution < 1.29 is 9.13 Å². The van der Waals surface area contributed by atoms with Gasteiger partial charge < -0.3 is 9.72 Å². The quantitative estimate of drug-likeness (QED) is 0.751. The minimum Gasteiger partial charge on any atom is -0.496 e. The van der Waals surface area contributed by atoms with Gasteiger partial charge in [0.05, 0.1) is 25.2 Å². The van der Waals surface area contributed by atoms with Crippen molar-refractivity contribution in [1.29, 1.82) is 0 Å². The fraction of sp³-hybridized carbons (Fsp3) is 0.350. The van der Waals surface area contributed by atoms with E-state index in [0.29, 0.717) is 12.3 Å². The number of methoxy groups -OCH3 is 1. The molecule has 6 nitrogen and oxygen atoms in total. The number of benzene rings is 1. The van der Waals surface area contributed by atoms with E-state index in [1.54, 1.807) is 19.5 Å². The predicted molar refractivity (Wildman–Crippen MR) is 98.9 cm³/mol. The molecule has 1 N–H and O–H groups in total. The SMILES string of the molecule is CCc1ncc([C@H]2c3nc[nH]c3CCN2Cc2cc(F)ccc2OC)cn1. The third kappa shape index (κ3) is 3.42. The third-order valence-electron chi connectivity index (χ3n) is 5.00. The smallest absolute Gasteiger partial charge is 0.127 e. The van der Waals surface area contributed by atoms with Gasteiger partial charge in [-0.25, -0.2) is 19.3 Å². The van der Waals surface area contributed by atoms with Crippen LogP contribution in [0.4, 0.5) is 4.39 Å². The van der Waals surface area contributed by atoms with Crippen LogP contribution in [0.3, 0.4) is 0 Å². The van der Waals surface area contributed by atoms with Gasteiger partial charge in [-0.05, 0) is 18.2 Å². The van der Waals surface area contributed by atoms with Gasteiger partial charge in [0.15, 0.2) is 0 Å². The number of aryl methyl sites for hydroxylation is 1. The molecule has 27 heavy (non-hydrogen) atoms. The summed E-state index contributed by atoms with van der Waals surface area (Å²) in [6.45, 7) is 3.40. The zero-order valence-corrected chi connectivity index (χ0v) is 15.4. The molecule has 1 aliphatic heterocycles. The summed E-state index contributed by atoms with van der Waals surface area (Å²) in [5.41, 5.74) is 3.90. The van der Waals surface area contributed by atoms with E-state index in [-0.39, 0.29) is 11.9 Å². The summed E-state index contributed by atoms with van der Waals surface area (Å²) in [4.78, 5) is 19.0. The van der Waals surface area contributed by atoms with E-state index in [9.17, 15) is 4.39 Å². The third-order valence-corrected chi connectivity index (χ3v) is 5.00. The van der Waals surface area contributed by atoms with Crippen LogP contribution in [-0.2, 0) is 19.4 Å². The van der Waals surface area contributed by atoms with E-state index in [1.807, 2.05) is 19.3 Å². The first-order chi connectivity index (χ1) is 13.2. The van der Waals surface area contributed by atoms with Gasteiger partial charge in [0.2, 0.25) is 0 Å². The number of rotatable bonds is 5. The summed E-state index contributed by atoms with van der Waals surface area (Å²) >= 11 is 0. The molecule has 7 heteroatoms. The average Bonchev–Trinajstić information content (AvgIpc) is 3.17. The first kappa shape index (κ1) is 17.6. The Bertz CT molecular complexity index is 924. The van der Waals surface area contributed by atoms with Gasteiger partial charge in [0, 0.05) is 55.1 Å². The number of ether oxygens (including phenoxy) is 1. The highest BCUT2D eigenvalue weighted by Crippen LogP contribution is 2.35. The lowest BCUT2D eigenvalue weighted by atomic mass is 9.96. The molecule has 140 valence electrons. The number of nitrogens with one attached hydrogen (secondary N) is 1. The number of H-pyrrole nitrogens is 1. The number of hydrogen-bond acceptors (Lipinski definition) is 5. The van der Waals surface area contributed by atoms with Gasteiger partial charge in [-0.3, -0.25) is 4.90 Å². The monoisotopic (exact) mass is 367 g/mol. The number of imidazole rings is 1. The van der Waals surface area contributed by atoms with E-state index in [4.69, 9.17) is 4.74 Å². The second-order valence-corrected chi connectivity index (χ2v) is 6.63. The van der Waals surface area contributed by atoms with Crippen LogP contribution in [0.2, 0.25) is 0 Å². The highest BCUT2D eigenvalue weighted by molar-refractivity contribution is 5.36. The molecule has 0 amide bonds. The van der Waals surface area contributed by atoms with Crippen molar-refractivity contribution in [2.45, 2.75) is 32.4 Å². The molecule has 4 rings (SSSR count). The molecule has 1 aliphatic rings. The molecule has 0 radical (unpaired) electrons. The molecular weight excluding hydrogens is 345 g/mol. The minimum absolute atomic E-state index is 0.0844. The van der Waals surface area contributed by atoms with Crippen LogP contribution >= 0.6 is 0 Å². The first-order valence-corrected chi connectivity index (χ1v) is 9.09. The average molecular weight is 367 g/mol. The van der Waals surface area contributed by atoms with E-state index in [0.717, 1.165) is 47.7 Å². The van der Waals surface area contributed by atoms with Gasteiger partial charge in [-0.1, -0.05) is 6.92 Å². The standard InChI is InChI=1S/C20H22FN5O/c1-3-18-22-9-14(10-23-18)20-19-16(24-12-25-19)6-7-26(20)11-13-8-15(21)4-5-17(13)27-2/h4-5,8-10,12,20H,3,6-7,11H2,1-2H3,(H,24,25)/t20-/m0/s1. The van der Waals surface area contributed by atoms with E-state index in [2.05, 4.69) is 24.8 Å². The van der Waals surface area contributed by atoms with E-state index < -0.39 is 0 Å². The Morgan fingerprint density at radius 2 is 2.07 bits per heavy atom. The highest BCUT2D eigenvalue weighted by Gasteiger charge is 2.32.